The molecule has 0 aromatic carbocycles. The Kier molecular flexibility index (Phi) is 3.63. The Hall–Kier alpha value is -2.70. The molecule has 0 saturated heterocycles. The van der Waals surface area contributed by atoms with E-state index in [1.807, 2.05) is 27.8 Å². The molecular formula is C16H19N5O2. The van der Waals surface area contributed by atoms with Crippen molar-refractivity contribution in [2.75, 3.05) is 7.11 Å². The highest BCUT2D eigenvalue weighted by atomic mass is 16.5. The lowest BCUT2D eigenvalue weighted by Gasteiger charge is -2.07. The predicted molar refractivity (Wildman–Crippen MR) is 86.2 cm³/mol. The number of aryl methyl sites for hydroxylation is 3. The van der Waals surface area contributed by atoms with E-state index in [1.165, 1.54) is 7.11 Å². The van der Waals surface area contributed by atoms with Gasteiger partial charge in [0.1, 0.15) is 0 Å². The fraction of sp³-hybridized carbons (Fsp3) is 0.375. The number of pyridine rings is 1. The molecule has 120 valence electrons. The van der Waals surface area contributed by atoms with E-state index in [0.717, 1.165) is 22.3 Å². The highest BCUT2D eigenvalue weighted by molar-refractivity contribution is 6.05. The van der Waals surface area contributed by atoms with Gasteiger partial charge in [-0.15, -0.1) is 0 Å². The second-order valence-corrected chi connectivity index (χ2v) is 5.41. The van der Waals surface area contributed by atoms with Crippen LogP contribution in [0, 0.1) is 13.8 Å². The van der Waals surface area contributed by atoms with Crippen molar-refractivity contribution in [2.45, 2.75) is 27.3 Å². The van der Waals surface area contributed by atoms with Gasteiger partial charge < -0.3 is 4.74 Å². The van der Waals surface area contributed by atoms with E-state index >= 15 is 0 Å². The molecule has 0 radical (unpaired) electrons. The van der Waals surface area contributed by atoms with Crippen LogP contribution in [-0.4, -0.2) is 37.6 Å². The van der Waals surface area contributed by atoms with E-state index in [-0.39, 0.29) is 5.97 Å². The zero-order valence-electron chi connectivity index (χ0n) is 13.9. The lowest BCUT2D eigenvalue weighted by molar-refractivity contribution is 0.0603. The van der Waals surface area contributed by atoms with Gasteiger partial charge in [-0.2, -0.15) is 10.2 Å². The number of fused-ring (bicyclic) bond motifs is 1. The summed E-state index contributed by atoms with van der Waals surface area (Å²) in [5.41, 5.74) is 4.49. The maximum atomic E-state index is 12.2. The highest BCUT2D eigenvalue weighted by Gasteiger charge is 2.21. The van der Waals surface area contributed by atoms with Crippen LogP contribution in [0.1, 0.15) is 28.7 Å². The fourth-order valence-corrected chi connectivity index (χ4v) is 2.73. The molecule has 0 atom stereocenters. The van der Waals surface area contributed by atoms with E-state index in [4.69, 9.17) is 9.72 Å². The Morgan fingerprint density at radius 1 is 1.35 bits per heavy atom. The molecule has 0 N–H and O–H groups in total. The van der Waals surface area contributed by atoms with Crippen molar-refractivity contribution in [3.63, 3.8) is 0 Å². The monoisotopic (exact) mass is 313 g/mol. The Labute approximate surface area is 133 Å². The quantitative estimate of drug-likeness (QED) is 0.693. The molecule has 0 saturated carbocycles. The van der Waals surface area contributed by atoms with Crippen LogP contribution < -0.4 is 0 Å². The van der Waals surface area contributed by atoms with Gasteiger partial charge in [0.25, 0.3) is 0 Å². The van der Waals surface area contributed by atoms with E-state index in [1.54, 1.807) is 21.6 Å². The third kappa shape index (κ3) is 2.28. The largest absolute Gasteiger partial charge is 0.465 e. The van der Waals surface area contributed by atoms with Crippen LogP contribution in [-0.2, 0) is 18.3 Å². The van der Waals surface area contributed by atoms with Crippen LogP contribution in [0.15, 0.2) is 12.3 Å². The summed E-state index contributed by atoms with van der Waals surface area (Å²) in [5, 5.41) is 9.47. The maximum absolute atomic E-state index is 12.2. The number of hydrogen-bond donors (Lipinski definition) is 0. The number of esters is 1. The van der Waals surface area contributed by atoms with Crippen molar-refractivity contribution in [1.82, 2.24) is 24.5 Å². The van der Waals surface area contributed by atoms with Crippen molar-refractivity contribution >= 4 is 17.0 Å². The first-order valence-electron chi connectivity index (χ1n) is 7.43. The highest BCUT2D eigenvalue weighted by Crippen LogP contribution is 2.29. The average Bonchev–Trinajstić information content (AvgIpc) is 3.06. The predicted octanol–water partition coefficient (Wildman–Crippen LogP) is 2.26. The molecular weight excluding hydrogens is 294 g/mol. The Morgan fingerprint density at radius 2 is 2.09 bits per heavy atom. The molecule has 0 aliphatic heterocycles. The molecule has 0 aliphatic carbocycles. The molecule has 0 fully saturated rings. The zero-order valence-corrected chi connectivity index (χ0v) is 13.9. The average molecular weight is 313 g/mol. The minimum Gasteiger partial charge on any atom is -0.465 e. The van der Waals surface area contributed by atoms with E-state index in [2.05, 4.69) is 10.2 Å². The van der Waals surface area contributed by atoms with Gasteiger partial charge >= 0.3 is 5.97 Å². The third-order valence-corrected chi connectivity index (χ3v) is 4.09. The lowest BCUT2D eigenvalue weighted by atomic mass is 10.1. The molecule has 3 aromatic rings. The molecule has 0 amide bonds. The maximum Gasteiger partial charge on any atom is 0.338 e. The summed E-state index contributed by atoms with van der Waals surface area (Å²) in [5.74, 6) is -0.390. The van der Waals surface area contributed by atoms with Gasteiger partial charge in [-0.25, -0.2) is 14.5 Å². The fourth-order valence-electron chi connectivity index (χ4n) is 2.73. The summed E-state index contributed by atoms with van der Waals surface area (Å²) in [6, 6.07) is 1.76. The Morgan fingerprint density at radius 3 is 2.65 bits per heavy atom. The molecule has 7 heteroatoms. The molecule has 3 heterocycles. The molecule has 3 rings (SSSR count). The minimum absolute atomic E-state index is 0.390. The van der Waals surface area contributed by atoms with Crippen molar-refractivity contribution < 1.29 is 9.53 Å². The smallest absolute Gasteiger partial charge is 0.338 e. The number of rotatable bonds is 3. The number of carbonyl (C=O) groups excluding carboxylic acids is 1. The van der Waals surface area contributed by atoms with Crippen molar-refractivity contribution in [3.05, 3.63) is 29.2 Å². The second kappa shape index (κ2) is 5.49. The Bertz CT molecular complexity index is 907. The summed E-state index contributed by atoms with van der Waals surface area (Å²) < 4.78 is 8.52. The van der Waals surface area contributed by atoms with Crippen molar-refractivity contribution in [2.24, 2.45) is 7.05 Å². The number of nitrogens with zero attached hydrogens (tertiary/aromatic N) is 5. The summed E-state index contributed by atoms with van der Waals surface area (Å²) in [7, 11) is 3.25. The third-order valence-electron chi connectivity index (χ3n) is 4.09. The van der Waals surface area contributed by atoms with Gasteiger partial charge in [0, 0.05) is 24.8 Å². The summed E-state index contributed by atoms with van der Waals surface area (Å²) >= 11 is 0. The summed E-state index contributed by atoms with van der Waals surface area (Å²) in [4.78, 5) is 17.0. The number of ether oxygens (including phenoxy) is 1. The van der Waals surface area contributed by atoms with Crippen LogP contribution in [0.25, 0.3) is 22.3 Å². The normalized spacial score (nSPS) is 11.2. The van der Waals surface area contributed by atoms with Crippen LogP contribution in [0.4, 0.5) is 0 Å². The van der Waals surface area contributed by atoms with Gasteiger partial charge in [0.2, 0.25) is 0 Å². The Balaban J connectivity index is 2.37. The molecule has 7 nitrogen and oxygen atoms in total. The first-order valence-corrected chi connectivity index (χ1v) is 7.43. The number of methoxy groups -OCH3 is 1. The van der Waals surface area contributed by atoms with Crippen LogP contribution >= 0.6 is 0 Å². The van der Waals surface area contributed by atoms with Gasteiger partial charge in [-0.05, 0) is 26.8 Å². The SMILES string of the molecule is CCn1nc(C)c2c(C(=O)OC)cc(-c3cnn(C)c3C)nc21. The summed E-state index contributed by atoms with van der Waals surface area (Å²) in [6.45, 7) is 6.51. The van der Waals surface area contributed by atoms with Gasteiger partial charge in [0.05, 0.1) is 35.6 Å². The zero-order chi connectivity index (χ0) is 16.7. The second-order valence-electron chi connectivity index (χ2n) is 5.41. The number of aromatic nitrogens is 5. The lowest BCUT2D eigenvalue weighted by Crippen LogP contribution is -2.05. The minimum atomic E-state index is -0.390. The van der Waals surface area contributed by atoms with Crippen LogP contribution in [0.2, 0.25) is 0 Å². The molecule has 3 aromatic heterocycles. The first kappa shape index (κ1) is 15.2. The van der Waals surface area contributed by atoms with Gasteiger partial charge in [-0.1, -0.05) is 0 Å². The van der Waals surface area contributed by atoms with Crippen molar-refractivity contribution in [1.29, 1.82) is 0 Å². The standard InChI is InChI=1S/C16H19N5O2/c1-6-21-15-14(9(2)19-21)11(16(22)23-5)7-13(18-15)12-8-17-20(4)10(12)3/h7-8H,6H2,1-5H3. The van der Waals surface area contributed by atoms with E-state index in [0.29, 0.717) is 23.4 Å². The van der Waals surface area contributed by atoms with Crippen LogP contribution in [0.5, 0.6) is 0 Å². The van der Waals surface area contributed by atoms with E-state index in [9.17, 15) is 4.79 Å². The molecule has 23 heavy (non-hydrogen) atoms. The molecule has 0 unspecified atom stereocenters. The first-order chi connectivity index (χ1) is 11.0. The molecule has 0 bridgehead atoms. The van der Waals surface area contributed by atoms with Crippen LogP contribution in [0.3, 0.4) is 0 Å². The molecule has 0 aliphatic rings. The number of carbonyl (C=O) groups is 1. The molecule has 0 spiro atoms. The van der Waals surface area contributed by atoms with Gasteiger partial charge in [0.15, 0.2) is 5.65 Å². The summed E-state index contributed by atoms with van der Waals surface area (Å²) in [6.07, 6.45) is 1.75. The van der Waals surface area contributed by atoms with Crippen molar-refractivity contribution in [3.8, 4) is 11.3 Å². The topological polar surface area (TPSA) is 74.8 Å². The number of hydrogen-bond acceptors (Lipinski definition) is 5. The van der Waals surface area contributed by atoms with Gasteiger partial charge in [-0.3, -0.25) is 4.68 Å². The van der Waals surface area contributed by atoms with E-state index < -0.39 is 0 Å².